The number of anilines is 1. The lowest BCUT2D eigenvalue weighted by Crippen LogP contribution is -2.14. The van der Waals surface area contributed by atoms with Gasteiger partial charge in [0, 0.05) is 12.4 Å². The Hall–Kier alpha value is -2.30. The van der Waals surface area contributed by atoms with E-state index >= 15 is 0 Å². The van der Waals surface area contributed by atoms with Crippen LogP contribution in [0.5, 0.6) is 0 Å². The van der Waals surface area contributed by atoms with E-state index in [1.54, 1.807) is 36.5 Å². The van der Waals surface area contributed by atoms with Crippen LogP contribution >= 0.6 is 0 Å². The molecule has 5 nitrogen and oxygen atoms in total. The number of nitrogens with zero attached hydrogens (tertiary/aromatic N) is 3. The SMILES string of the molecule is O=C(Nc1cccnn1)c1ccccn1. The van der Waals surface area contributed by atoms with Crippen molar-refractivity contribution in [1.29, 1.82) is 0 Å². The molecule has 2 heterocycles. The van der Waals surface area contributed by atoms with E-state index in [0.29, 0.717) is 11.5 Å². The molecule has 0 bridgehead atoms. The Morgan fingerprint density at radius 2 is 2.07 bits per heavy atom. The van der Waals surface area contributed by atoms with Gasteiger partial charge >= 0.3 is 0 Å². The summed E-state index contributed by atoms with van der Waals surface area (Å²) in [6, 6.07) is 8.48. The average molecular weight is 200 g/mol. The number of hydrogen-bond donors (Lipinski definition) is 1. The molecule has 0 atom stereocenters. The molecule has 0 radical (unpaired) electrons. The van der Waals surface area contributed by atoms with Gasteiger partial charge in [-0.3, -0.25) is 9.78 Å². The monoisotopic (exact) mass is 200 g/mol. The first-order chi connectivity index (χ1) is 7.36. The number of carbonyl (C=O) groups excluding carboxylic acids is 1. The standard InChI is InChI=1S/C10H8N4O/c15-10(8-4-1-2-6-11-8)13-9-5-3-7-12-14-9/h1-7H,(H,13,14,15). The van der Waals surface area contributed by atoms with Gasteiger partial charge in [0.15, 0.2) is 5.82 Å². The van der Waals surface area contributed by atoms with Crippen LogP contribution in [0.4, 0.5) is 5.82 Å². The first-order valence-corrected chi connectivity index (χ1v) is 4.36. The molecule has 74 valence electrons. The first kappa shape index (κ1) is 9.26. The zero-order valence-corrected chi connectivity index (χ0v) is 7.79. The van der Waals surface area contributed by atoms with Crippen LogP contribution in [-0.2, 0) is 0 Å². The van der Waals surface area contributed by atoms with Crippen molar-refractivity contribution in [3.63, 3.8) is 0 Å². The second kappa shape index (κ2) is 4.28. The highest BCUT2D eigenvalue weighted by molar-refractivity contribution is 6.02. The number of nitrogens with one attached hydrogen (secondary N) is 1. The van der Waals surface area contributed by atoms with E-state index in [4.69, 9.17) is 0 Å². The summed E-state index contributed by atoms with van der Waals surface area (Å²) in [5.74, 6) is 0.115. The molecule has 0 saturated heterocycles. The molecule has 5 heteroatoms. The number of carbonyl (C=O) groups is 1. The molecular weight excluding hydrogens is 192 g/mol. The predicted molar refractivity (Wildman–Crippen MR) is 54.2 cm³/mol. The summed E-state index contributed by atoms with van der Waals surface area (Å²) in [6.07, 6.45) is 3.10. The van der Waals surface area contributed by atoms with Gasteiger partial charge in [0.05, 0.1) is 0 Å². The lowest BCUT2D eigenvalue weighted by atomic mass is 10.3. The Bertz CT molecular complexity index is 443. The van der Waals surface area contributed by atoms with E-state index in [9.17, 15) is 4.79 Å². The van der Waals surface area contributed by atoms with Crippen molar-refractivity contribution in [2.45, 2.75) is 0 Å². The minimum atomic E-state index is -0.295. The van der Waals surface area contributed by atoms with Gasteiger partial charge in [0.25, 0.3) is 5.91 Å². The Labute approximate surface area is 86.2 Å². The first-order valence-electron chi connectivity index (χ1n) is 4.36. The summed E-state index contributed by atoms with van der Waals surface area (Å²) in [5, 5.41) is 9.96. The van der Waals surface area contributed by atoms with E-state index in [-0.39, 0.29) is 5.91 Å². The summed E-state index contributed by atoms with van der Waals surface area (Å²) < 4.78 is 0. The molecule has 0 unspecified atom stereocenters. The van der Waals surface area contributed by atoms with Crippen molar-refractivity contribution in [1.82, 2.24) is 15.2 Å². The van der Waals surface area contributed by atoms with Crippen molar-refractivity contribution in [3.8, 4) is 0 Å². The number of hydrogen-bond acceptors (Lipinski definition) is 4. The van der Waals surface area contributed by atoms with Gasteiger partial charge in [0.2, 0.25) is 0 Å². The second-order valence-electron chi connectivity index (χ2n) is 2.78. The largest absolute Gasteiger partial charge is 0.304 e. The van der Waals surface area contributed by atoms with Gasteiger partial charge in [-0.1, -0.05) is 6.07 Å². The van der Waals surface area contributed by atoms with Gasteiger partial charge < -0.3 is 5.32 Å². The molecule has 0 fully saturated rings. The van der Waals surface area contributed by atoms with Crippen molar-refractivity contribution >= 4 is 11.7 Å². The van der Waals surface area contributed by atoms with Crippen LogP contribution in [0, 0.1) is 0 Å². The van der Waals surface area contributed by atoms with Crippen molar-refractivity contribution < 1.29 is 4.79 Å². The Morgan fingerprint density at radius 1 is 1.13 bits per heavy atom. The summed E-state index contributed by atoms with van der Waals surface area (Å²) in [4.78, 5) is 15.5. The van der Waals surface area contributed by atoms with Gasteiger partial charge in [0.1, 0.15) is 5.69 Å². The maximum absolute atomic E-state index is 11.6. The van der Waals surface area contributed by atoms with Crippen molar-refractivity contribution in [3.05, 3.63) is 48.4 Å². The molecule has 2 rings (SSSR count). The second-order valence-corrected chi connectivity index (χ2v) is 2.78. The van der Waals surface area contributed by atoms with Crippen LogP contribution in [0.2, 0.25) is 0 Å². The molecule has 0 aliphatic rings. The highest BCUT2D eigenvalue weighted by Crippen LogP contribution is 2.01. The minimum absolute atomic E-state index is 0.295. The van der Waals surface area contributed by atoms with Crippen molar-refractivity contribution in [2.75, 3.05) is 5.32 Å². The highest BCUT2D eigenvalue weighted by Gasteiger charge is 2.06. The fourth-order valence-electron chi connectivity index (χ4n) is 1.05. The van der Waals surface area contributed by atoms with Crippen molar-refractivity contribution in [2.24, 2.45) is 0 Å². The molecule has 0 aromatic carbocycles. The zero-order chi connectivity index (χ0) is 10.5. The average Bonchev–Trinajstić information content (AvgIpc) is 2.31. The van der Waals surface area contributed by atoms with Crippen LogP contribution in [0.15, 0.2) is 42.7 Å². The van der Waals surface area contributed by atoms with Crippen LogP contribution in [0.3, 0.4) is 0 Å². The van der Waals surface area contributed by atoms with Crippen LogP contribution in [0.1, 0.15) is 10.5 Å². The van der Waals surface area contributed by atoms with Gasteiger partial charge in [-0.2, -0.15) is 5.10 Å². The van der Waals surface area contributed by atoms with Crippen LogP contribution in [0.25, 0.3) is 0 Å². The molecule has 0 aliphatic carbocycles. The summed E-state index contributed by atoms with van der Waals surface area (Å²) >= 11 is 0. The molecule has 15 heavy (non-hydrogen) atoms. The molecule has 2 aromatic rings. The van der Waals surface area contributed by atoms with Crippen LogP contribution in [-0.4, -0.2) is 21.1 Å². The Kier molecular flexibility index (Phi) is 2.64. The summed E-state index contributed by atoms with van der Waals surface area (Å²) in [6.45, 7) is 0. The van der Waals surface area contributed by atoms with E-state index < -0.39 is 0 Å². The third kappa shape index (κ3) is 2.34. The number of amides is 1. The third-order valence-electron chi connectivity index (χ3n) is 1.71. The normalized spacial score (nSPS) is 9.60. The predicted octanol–water partition coefficient (Wildman–Crippen LogP) is 1.12. The maximum Gasteiger partial charge on any atom is 0.275 e. The number of rotatable bonds is 2. The zero-order valence-electron chi connectivity index (χ0n) is 7.79. The molecule has 0 spiro atoms. The topological polar surface area (TPSA) is 67.8 Å². The van der Waals surface area contributed by atoms with E-state index in [0.717, 1.165) is 0 Å². The third-order valence-corrected chi connectivity index (χ3v) is 1.71. The van der Waals surface area contributed by atoms with Gasteiger partial charge in [-0.05, 0) is 24.3 Å². The van der Waals surface area contributed by atoms with Crippen LogP contribution < -0.4 is 5.32 Å². The highest BCUT2D eigenvalue weighted by atomic mass is 16.1. The number of pyridine rings is 1. The van der Waals surface area contributed by atoms with Gasteiger partial charge in [-0.15, -0.1) is 5.10 Å². The molecule has 0 aliphatic heterocycles. The van der Waals surface area contributed by atoms with E-state index in [2.05, 4.69) is 20.5 Å². The molecule has 0 saturated carbocycles. The molecule has 1 amide bonds. The molecular formula is C10H8N4O. The fourth-order valence-corrected chi connectivity index (χ4v) is 1.05. The Morgan fingerprint density at radius 3 is 2.73 bits per heavy atom. The molecule has 1 N–H and O–H groups in total. The summed E-state index contributed by atoms with van der Waals surface area (Å²) in [5.41, 5.74) is 0.350. The Balaban J connectivity index is 2.12. The quantitative estimate of drug-likeness (QED) is 0.788. The number of aromatic nitrogens is 3. The van der Waals surface area contributed by atoms with E-state index in [1.165, 1.54) is 6.20 Å². The minimum Gasteiger partial charge on any atom is -0.304 e. The van der Waals surface area contributed by atoms with Gasteiger partial charge in [-0.25, -0.2) is 0 Å². The van der Waals surface area contributed by atoms with E-state index in [1.807, 2.05) is 0 Å². The summed E-state index contributed by atoms with van der Waals surface area (Å²) in [7, 11) is 0. The lowest BCUT2D eigenvalue weighted by Gasteiger charge is -2.01. The lowest BCUT2D eigenvalue weighted by molar-refractivity contribution is 0.102. The fraction of sp³-hybridized carbons (Fsp3) is 0. The smallest absolute Gasteiger partial charge is 0.275 e. The maximum atomic E-state index is 11.6. The molecule has 2 aromatic heterocycles.